The summed E-state index contributed by atoms with van der Waals surface area (Å²) < 4.78 is 0. The van der Waals surface area contributed by atoms with E-state index in [0.717, 1.165) is 10.6 Å². The average molecular weight is 357 g/mol. The fraction of sp³-hybridized carbons (Fsp3) is 0.118. The second-order valence-electron chi connectivity index (χ2n) is 4.93. The van der Waals surface area contributed by atoms with E-state index in [1.165, 1.54) is 11.3 Å². The molecule has 0 aliphatic rings. The minimum atomic E-state index is -0.235. The molecule has 0 fully saturated rings. The lowest BCUT2D eigenvalue weighted by Crippen LogP contribution is -2.34. The number of thiazole rings is 1. The lowest BCUT2D eigenvalue weighted by molar-refractivity contribution is 0.0925. The predicted molar refractivity (Wildman–Crippen MR) is 96.5 cm³/mol. The maximum Gasteiger partial charge on any atom is 0.270 e. The van der Waals surface area contributed by atoms with E-state index < -0.39 is 0 Å². The summed E-state index contributed by atoms with van der Waals surface area (Å²) >= 11 is 3.04. The first-order valence-corrected chi connectivity index (χ1v) is 9.16. The summed E-state index contributed by atoms with van der Waals surface area (Å²) in [4.78, 5) is 28.3. The largest absolute Gasteiger partial charge is 0.350 e. The molecule has 3 rings (SSSR count). The first-order chi connectivity index (χ1) is 11.7. The van der Waals surface area contributed by atoms with E-state index in [2.05, 4.69) is 15.6 Å². The van der Waals surface area contributed by atoms with E-state index in [1.54, 1.807) is 28.8 Å². The van der Waals surface area contributed by atoms with Crippen molar-refractivity contribution in [1.29, 1.82) is 0 Å². The Morgan fingerprint density at radius 1 is 0.958 bits per heavy atom. The number of thiophene rings is 1. The molecule has 0 aliphatic heterocycles. The molecule has 0 radical (unpaired) electrons. The van der Waals surface area contributed by atoms with Gasteiger partial charge in [-0.05, 0) is 23.6 Å². The van der Waals surface area contributed by atoms with Crippen LogP contribution in [0.25, 0.3) is 10.6 Å². The molecule has 7 heteroatoms. The maximum absolute atomic E-state index is 12.1. The van der Waals surface area contributed by atoms with Crippen molar-refractivity contribution in [3.63, 3.8) is 0 Å². The summed E-state index contributed by atoms with van der Waals surface area (Å²) in [5.74, 6) is -0.389. The second-order valence-corrected chi connectivity index (χ2v) is 6.57. The third-order valence-electron chi connectivity index (χ3n) is 3.24. The van der Waals surface area contributed by atoms with E-state index in [0.29, 0.717) is 24.3 Å². The topological polar surface area (TPSA) is 71.1 Å². The van der Waals surface area contributed by atoms with Gasteiger partial charge >= 0.3 is 0 Å². The van der Waals surface area contributed by atoms with Gasteiger partial charge in [-0.2, -0.15) is 11.3 Å². The molecule has 0 spiro atoms. The Morgan fingerprint density at radius 3 is 2.42 bits per heavy atom. The van der Waals surface area contributed by atoms with Gasteiger partial charge in [-0.15, -0.1) is 11.3 Å². The first-order valence-electron chi connectivity index (χ1n) is 7.33. The van der Waals surface area contributed by atoms with E-state index in [9.17, 15) is 9.59 Å². The Kier molecular flexibility index (Phi) is 5.35. The fourth-order valence-electron chi connectivity index (χ4n) is 2.03. The maximum atomic E-state index is 12.1. The zero-order valence-corrected chi connectivity index (χ0v) is 14.3. The molecule has 122 valence electrons. The van der Waals surface area contributed by atoms with Crippen molar-refractivity contribution >= 4 is 34.5 Å². The molecule has 0 atom stereocenters. The van der Waals surface area contributed by atoms with Gasteiger partial charge in [0.1, 0.15) is 10.7 Å². The first kappa shape index (κ1) is 16.4. The lowest BCUT2D eigenvalue weighted by Gasteiger charge is -2.06. The summed E-state index contributed by atoms with van der Waals surface area (Å²) in [6, 6.07) is 10.9. The van der Waals surface area contributed by atoms with Crippen LogP contribution < -0.4 is 10.6 Å². The van der Waals surface area contributed by atoms with Crippen LogP contribution in [0, 0.1) is 0 Å². The second kappa shape index (κ2) is 7.85. The number of nitrogens with zero attached hydrogens (tertiary/aromatic N) is 1. The fourth-order valence-corrected chi connectivity index (χ4v) is 3.54. The Hall–Kier alpha value is -2.51. The standard InChI is InChI=1S/C17H15N3O2S2/c21-15(12-4-2-1-3-5-12)18-7-8-19-16(22)14-11-24-17(20-14)13-6-9-23-10-13/h1-6,9-11H,7-8H2,(H,18,21)(H,19,22). The van der Waals surface area contributed by atoms with Crippen molar-refractivity contribution in [3.8, 4) is 10.6 Å². The smallest absolute Gasteiger partial charge is 0.270 e. The molecule has 2 amide bonds. The van der Waals surface area contributed by atoms with Crippen molar-refractivity contribution in [3.05, 3.63) is 63.8 Å². The Balaban J connectivity index is 1.45. The molecule has 0 saturated heterocycles. The SMILES string of the molecule is O=C(NCCNC(=O)c1csc(-c2ccsc2)n1)c1ccccc1. The van der Waals surface area contributed by atoms with Gasteiger partial charge in [-0.1, -0.05) is 18.2 Å². The lowest BCUT2D eigenvalue weighted by atomic mass is 10.2. The van der Waals surface area contributed by atoms with Crippen molar-refractivity contribution < 1.29 is 9.59 Å². The number of rotatable bonds is 6. The normalized spacial score (nSPS) is 10.3. The van der Waals surface area contributed by atoms with Crippen LogP contribution in [0.1, 0.15) is 20.8 Å². The van der Waals surface area contributed by atoms with Crippen LogP contribution in [0.15, 0.2) is 52.5 Å². The van der Waals surface area contributed by atoms with Gasteiger partial charge in [0.15, 0.2) is 0 Å². The zero-order valence-electron chi connectivity index (χ0n) is 12.7. The highest BCUT2D eigenvalue weighted by Crippen LogP contribution is 2.25. The highest BCUT2D eigenvalue weighted by Gasteiger charge is 2.11. The molecule has 0 bridgehead atoms. The van der Waals surface area contributed by atoms with Crippen molar-refractivity contribution in [2.24, 2.45) is 0 Å². The average Bonchev–Trinajstić information content (AvgIpc) is 3.30. The summed E-state index contributed by atoms with van der Waals surface area (Å²) in [6.07, 6.45) is 0. The van der Waals surface area contributed by atoms with Crippen LogP contribution in [0.3, 0.4) is 0 Å². The third-order valence-corrected chi connectivity index (χ3v) is 4.81. The number of hydrogen-bond acceptors (Lipinski definition) is 5. The number of amides is 2. The molecule has 0 unspecified atom stereocenters. The van der Waals surface area contributed by atoms with E-state index in [4.69, 9.17) is 0 Å². The quantitative estimate of drug-likeness (QED) is 0.666. The van der Waals surface area contributed by atoms with E-state index in [-0.39, 0.29) is 11.8 Å². The number of aromatic nitrogens is 1. The Labute approximate surface area is 147 Å². The molecule has 2 heterocycles. The summed E-state index contributed by atoms with van der Waals surface area (Å²) in [7, 11) is 0. The molecule has 2 N–H and O–H groups in total. The van der Waals surface area contributed by atoms with Crippen LogP contribution in [0.4, 0.5) is 0 Å². The minimum Gasteiger partial charge on any atom is -0.350 e. The van der Waals surface area contributed by atoms with Crippen molar-refractivity contribution in [1.82, 2.24) is 15.6 Å². The molecular weight excluding hydrogens is 342 g/mol. The third kappa shape index (κ3) is 4.06. The number of carbonyl (C=O) groups excluding carboxylic acids is 2. The van der Waals surface area contributed by atoms with Crippen LogP contribution in [0.2, 0.25) is 0 Å². The highest BCUT2D eigenvalue weighted by molar-refractivity contribution is 7.14. The van der Waals surface area contributed by atoms with Gasteiger partial charge in [0.05, 0.1) is 0 Å². The van der Waals surface area contributed by atoms with Crippen LogP contribution in [-0.2, 0) is 0 Å². The van der Waals surface area contributed by atoms with Crippen molar-refractivity contribution in [2.45, 2.75) is 0 Å². The molecular formula is C17H15N3O2S2. The van der Waals surface area contributed by atoms with Gasteiger partial charge in [0.25, 0.3) is 11.8 Å². The zero-order chi connectivity index (χ0) is 16.8. The molecule has 24 heavy (non-hydrogen) atoms. The van der Waals surface area contributed by atoms with Gasteiger partial charge in [-0.3, -0.25) is 9.59 Å². The molecule has 0 saturated carbocycles. The Morgan fingerprint density at radius 2 is 1.71 bits per heavy atom. The Bertz CT molecular complexity index is 814. The minimum absolute atomic E-state index is 0.154. The molecule has 2 aromatic heterocycles. The van der Waals surface area contributed by atoms with Crippen molar-refractivity contribution in [2.75, 3.05) is 13.1 Å². The summed E-state index contributed by atoms with van der Waals surface area (Å²) in [5.41, 5.74) is 2.03. The molecule has 1 aromatic carbocycles. The van der Waals surface area contributed by atoms with Crippen LogP contribution in [0.5, 0.6) is 0 Å². The molecule has 3 aromatic rings. The van der Waals surface area contributed by atoms with Gasteiger partial charge in [0.2, 0.25) is 0 Å². The van der Waals surface area contributed by atoms with Crippen LogP contribution in [-0.4, -0.2) is 29.9 Å². The summed E-state index contributed by atoms with van der Waals surface area (Å²) in [6.45, 7) is 0.712. The predicted octanol–water partition coefficient (Wildman–Crippen LogP) is 3.03. The number of hydrogen-bond donors (Lipinski definition) is 2. The number of benzene rings is 1. The summed E-state index contributed by atoms with van der Waals surface area (Å²) in [5, 5.41) is 12.1. The van der Waals surface area contributed by atoms with Crippen LogP contribution >= 0.6 is 22.7 Å². The van der Waals surface area contributed by atoms with E-state index in [1.807, 2.05) is 35.0 Å². The van der Waals surface area contributed by atoms with Gasteiger partial charge < -0.3 is 10.6 Å². The highest BCUT2D eigenvalue weighted by atomic mass is 32.1. The number of carbonyl (C=O) groups is 2. The molecule has 0 aliphatic carbocycles. The number of nitrogens with one attached hydrogen (secondary N) is 2. The molecule has 5 nitrogen and oxygen atoms in total. The van der Waals surface area contributed by atoms with E-state index >= 15 is 0 Å². The van der Waals surface area contributed by atoms with Gasteiger partial charge in [0, 0.05) is 35.0 Å². The van der Waals surface area contributed by atoms with Gasteiger partial charge in [-0.25, -0.2) is 4.98 Å². The monoisotopic (exact) mass is 357 g/mol.